The first kappa shape index (κ1) is 18.5. The van der Waals surface area contributed by atoms with Gasteiger partial charge in [-0.2, -0.15) is 4.98 Å². The zero-order valence-corrected chi connectivity index (χ0v) is 13.1. The van der Waals surface area contributed by atoms with Crippen LogP contribution in [-0.2, 0) is 9.30 Å². The van der Waals surface area contributed by atoms with Crippen LogP contribution in [-0.4, -0.2) is 62.7 Å². The number of ether oxygens (including phenoxy) is 1. The van der Waals surface area contributed by atoms with Crippen LogP contribution in [0.4, 0.5) is 5.95 Å². The van der Waals surface area contributed by atoms with Gasteiger partial charge in [-0.25, -0.2) is 9.55 Å². The minimum Gasteiger partial charge on any atom is -0.388 e. The van der Waals surface area contributed by atoms with Crippen LogP contribution in [0.2, 0.25) is 0 Å². The van der Waals surface area contributed by atoms with Gasteiger partial charge < -0.3 is 35.4 Å². The number of aliphatic hydroxyl groups excluding tert-OH is 2. The van der Waals surface area contributed by atoms with E-state index in [-0.39, 0.29) is 17.1 Å². The molecule has 0 saturated carbocycles. The number of nitrogens with zero attached hydrogens (tertiary/aromatic N) is 3. The lowest BCUT2D eigenvalue weighted by atomic mass is 10.1. The van der Waals surface area contributed by atoms with Crippen molar-refractivity contribution in [1.82, 2.24) is 19.5 Å². The molecule has 1 saturated heterocycles. The summed E-state index contributed by atoms with van der Waals surface area (Å²) in [5.74, 6) is -0.0552. The molecule has 4 atom stereocenters. The SMILES string of the molecule is C[C@H]1O[C@@H](n2cnc3c(=O)[nH]c(N)nc32)[C@H](O)[C@@H]1O.O=P(O)(O)O. The lowest BCUT2D eigenvalue weighted by Crippen LogP contribution is -2.30. The van der Waals surface area contributed by atoms with E-state index in [4.69, 9.17) is 29.7 Å². The molecular formula is C10H16N5O8P. The van der Waals surface area contributed by atoms with Gasteiger partial charge >= 0.3 is 7.82 Å². The molecule has 0 unspecified atom stereocenters. The van der Waals surface area contributed by atoms with Gasteiger partial charge in [0, 0.05) is 0 Å². The molecule has 0 aromatic carbocycles. The number of nitrogen functional groups attached to an aromatic ring is 1. The zero-order chi connectivity index (χ0) is 18.2. The summed E-state index contributed by atoms with van der Waals surface area (Å²) in [5.41, 5.74) is 5.31. The second-order valence-corrected chi connectivity index (χ2v) is 6.03. The first-order chi connectivity index (χ1) is 11.0. The maximum absolute atomic E-state index is 11.6. The number of phosphoric acid groups is 1. The van der Waals surface area contributed by atoms with Gasteiger partial charge in [0.1, 0.15) is 12.2 Å². The van der Waals surface area contributed by atoms with Gasteiger partial charge in [-0.1, -0.05) is 0 Å². The summed E-state index contributed by atoms with van der Waals surface area (Å²) in [4.78, 5) is 43.4. The fraction of sp³-hybridized carbons (Fsp3) is 0.500. The van der Waals surface area contributed by atoms with Crippen LogP contribution in [0.1, 0.15) is 13.2 Å². The zero-order valence-electron chi connectivity index (χ0n) is 12.2. The topological polar surface area (TPSA) is 217 Å². The molecule has 0 radical (unpaired) electrons. The highest BCUT2D eigenvalue weighted by Gasteiger charge is 2.42. The summed E-state index contributed by atoms with van der Waals surface area (Å²) in [7, 11) is -4.64. The first-order valence-corrected chi connectivity index (χ1v) is 8.07. The quantitative estimate of drug-likeness (QED) is 0.260. The highest BCUT2D eigenvalue weighted by molar-refractivity contribution is 7.45. The number of H-pyrrole nitrogens is 1. The molecule has 8 N–H and O–H groups in total. The van der Waals surface area contributed by atoms with Crippen molar-refractivity contribution >= 4 is 24.9 Å². The summed E-state index contributed by atoms with van der Waals surface area (Å²) in [5, 5.41) is 19.6. The van der Waals surface area contributed by atoms with Crippen molar-refractivity contribution in [2.75, 3.05) is 5.73 Å². The number of aliphatic hydroxyl groups is 2. The molecule has 1 aliphatic rings. The maximum Gasteiger partial charge on any atom is 0.466 e. The molecule has 1 fully saturated rings. The molecule has 3 heterocycles. The number of nitrogens with two attached hydrogens (primary N) is 1. The van der Waals surface area contributed by atoms with Crippen LogP contribution >= 0.6 is 7.82 Å². The van der Waals surface area contributed by atoms with Gasteiger partial charge in [0.2, 0.25) is 5.95 Å². The molecule has 0 bridgehead atoms. The van der Waals surface area contributed by atoms with E-state index >= 15 is 0 Å². The Labute approximate surface area is 133 Å². The van der Waals surface area contributed by atoms with Crippen LogP contribution < -0.4 is 11.3 Å². The summed E-state index contributed by atoms with van der Waals surface area (Å²) >= 11 is 0. The van der Waals surface area contributed by atoms with Crippen molar-refractivity contribution < 1.29 is 34.2 Å². The fourth-order valence-corrected chi connectivity index (χ4v) is 2.19. The van der Waals surface area contributed by atoms with Gasteiger partial charge in [0.05, 0.1) is 12.4 Å². The standard InChI is InChI=1S/C10H13N5O4.H3O4P/c1-3-5(16)6(17)9(19-3)15-2-12-4-7(15)13-10(11)14-8(4)18;1-5(2,3)4/h2-3,5-6,9,16-17H,1H3,(H3,11,13,14,18);(H3,1,2,3,4)/t3-,5-,6-,9-;/m1./s1. The number of anilines is 1. The first-order valence-electron chi connectivity index (χ1n) is 6.51. The normalized spacial score (nSPS) is 27.1. The summed E-state index contributed by atoms with van der Waals surface area (Å²) < 4.78 is 15.7. The van der Waals surface area contributed by atoms with E-state index in [0.717, 1.165) is 0 Å². The summed E-state index contributed by atoms with van der Waals surface area (Å²) in [6, 6.07) is 0. The van der Waals surface area contributed by atoms with Crippen LogP contribution in [0, 0.1) is 0 Å². The minimum atomic E-state index is -4.64. The van der Waals surface area contributed by atoms with Gasteiger partial charge in [-0.3, -0.25) is 14.3 Å². The lowest BCUT2D eigenvalue weighted by Gasteiger charge is -2.16. The van der Waals surface area contributed by atoms with E-state index in [9.17, 15) is 15.0 Å². The van der Waals surface area contributed by atoms with Crippen molar-refractivity contribution in [3.8, 4) is 0 Å². The van der Waals surface area contributed by atoms with Gasteiger partial charge in [0.25, 0.3) is 5.56 Å². The van der Waals surface area contributed by atoms with E-state index in [1.54, 1.807) is 6.92 Å². The number of aromatic amines is 1. The Morgan fingerprint density at radius 3 is 2.42 bits per heavy atom. The molecule has 3 rings (SSSR count). The van der Waals surface area contributed by atoms with Crippen molar-refractivity contribution in [3.63, 3.8) is 0 Å². The molecule has 2 aromatic rings. The van der Waals surface area contributed by atoms with Crippen LogP contribution in [0.15, 0.2) is 11.1 Å². The molecule has 2 aromatic heterocycles. The van der Waals surface area contributed by atoms with Crippen LogP contribution in [0.5, 0.6) is 0 Å². The number of hydrogen-bond donors (Lipinski definition) is 7. The summed E-state index contributed by atoms with van der Waals surface area (Å²) in [6.07, 6.45) is -2.21. The van der Waals surface area contributed by atoms with Crippen LogP contribution in [0.25, 0.3) is 11.2 Å². The lowest BCUT2D eigenvalue weighted by molar-refractivity contribution is -0.0299. The Balaban J connectivity index is 0.000000368. The molecule has 134 valence electrons. The third kappa shape index (κ3) is 3.96. The second-order valence-electron chi connectivity index (χ2n) is 5.00. The monoisotopic (exact) mass is 365 g/mol. The Hall–Kier alpha value is -1.86. The Bertz CT molecular complexity index is 822. The number of nitrogens with one attached hydrogen (secondary N) is 1. The van der Waals surface area contributed by atoms with Crippen molar-refractivity contribution in [3.05, 3.63) is 16.7 Å². The van der Waals surface area contributed by atoms with Crippen molar-refractivity contribution in [2.45, 2.75) is 31.5 Å². The number of imidazole rings is 1. The molecule has 0 aliphatic carbocycles. The highest BCUT2D eigenvalue weighted by Crippen LogP contribution is 2.30. The predicted octanol–water partition coefficient (Wildman–Crippen LogP) is -2.59. The molecule has 14 heteroatoms. The third-order valence-electron chi connectivity index (χ3n) is 3.20. The average Bonchev–Trinajstić information content (AvgIpc) is 2.94. The van der Waals surface area contributed by atoms with Crippen LogP contribution in [0.3, 0.4) is 0 Å². The maximum atomic E-state index is 11.6. The molecule has 1 aliphatic heterocycles. The number of hydrogen-bond acceptors (Lipinski definition) is 8. The van der Waals surface area contributed by atoms with Gasteiger partial charge in [-0.05, 0) is 6.92 Å². The average molecular weight is 365 g/mol. The number of rotatable bonds is 1. The molecule has 0 spiro atoms. The molecular weight excluding hydrogens is 349 g/mol. The number of fused-ring (bicyclic) bond motifs is 1. The minimum absolute atomic E-state index is 0.0552. The van der Waals surface area contributed by atoms with Gasteiger partial charge in [0.15, 0.2) is 17.4 Å². The smallest absolute Gasteiger partial charge is 0.388 e. The molecule has 13 nitrogen and oxygen atoms in total. The molecule has 24 heavy (non-hydrogen) atoms. The Morgan fingerprint density at radius 1 is 1.33 bits per heavy atom. The van der Waals surface area contributed by atoms with E-state index in [2.05, 4.69) is 15.0 Å². The predicted molar refractivity (Wildman–Crippen MR) is 78.4 cm³/mol. The fourth-order valence-electron chi connectivity index (χ4n) is 2.19. The Morgan fingerprint density at radius 2 is 1.92 bits per heavy atom. The summed E-state index contributed by atoms with van der Waals surface area (Å²) in [6.45, 7) is 1.64. The van der Waals surface area contributed by atoms with E-state index < -0.39 is 37.9 Å². The van der Waals surface area contributed by atoms with E-state index in [1.807, 2.05) is 0 Å². The second kappa shape index (κ2) is 6.57. The highest BCUT2D eigenvalue weighted by atomic mass is 31.2. The van der Waals surface area contributed by atoms with E-state index in [1.165, 1.54) is 10.9 Å². The number of aromatic nitrogens is 4. The third-order valence-corrected chi connectivity index (χ3v) is 3.20. The largest absolute Gasteiger partial charge is 0.466 e. The Kier molecular flexibility index (Phi) is 5.05. The van der Waals surface area contributed by atoms with Gasteiger partial charge in [-0.15, -0.1) is 0 Å². The van der Waals surface area contributed by atoms with Crippen molar-refractivity contribution in [2.24, 2.45) is 0 Å². The van der Waals surface area contributed by atoms with E-state index in [0.29, 0.717) is 0 Å². The molecule has 0 amide bonds. The van der Waals surface area contributed by atoms with Crippen molar-refractivity contribution in [1.29, 1.82) is 0 Å².